The van der Waals surface area contributed by atoms with E-state index in [0.29, 0.717) is 38.6 Å². The van der Waals surface area contributed by atoms with E-state index in [4.69, 9.17) is 0 Å². The minimum Gasteiger partial charge on any atom is -0.356 e. The molecule has 23 heavy (non-hydrogen) atoms. The predicted molar refractivity (Wildman–Crippen MR) is 104 cm³/mol. The van der Waals surface area contributed by atoms with Crippen LogP contribution < -0.4 is 10.6 Å². The van der Waals surface area contributed by atoms with E-state index in [1.54, 1.807) is 17.9 Å². The number of hydrogen-bond acceptors (Lipinski definition) is 4. The number of aryl methyl sites for hydroxylation is 1. The fraction of sp³-hybridized carbons (Fsp3) is 0.692. The molecule has 1 aromatic heterocycles. The lowest BCUT2D eigenvalue weighted by molar-refractivity contribution is 0.424. The van der Waals surface area contributed by atoms with E-state index in [-0.39, 0.29) is 24.0 Å². The molecule has 0 unspecified atom stereocenters. The van der Waals surface area contributed by atoms with E-state index >= 15 is 0 Å². The normalized spacial score (nSPS) is 12.1. The number of nitrogens with one attached hydrogen (secondary N) is 2. The summed E-state index contributed by atoms with van der Waals surface area (Å²) in [5.74, 6) is 0.684. The maximum Gasteiger partial charge on any atom is 0.211 e. The number of guanidine groups is 1. The highest BCUT2D eigenvalue weighted by Gasteiger charge is 2.13. The second kappa shape index (κ2) is 10.8. The number of aliphatic imine (C=N–C) groups is 1. The maximum atomic E-state index is 11.5. The highest BCUT2D eigenvalue weighted by molar-refractivity contribution is 14.0. The molecule has 0 aliphatic carbocycles. The van der Waals surface area contributed by atoms with Crippen LogP contribution in [-0.4, -0.2) is 61.4 Å². The summed E-state index contributed by atoms with van der Waals surface area (Å²) in [6.07, 6.45) is 3.70. The quantitative estimate of drug-likeness (QED) is 0.254. The molecule has 1 heterocycles. The summed E-state index contributed by atoms with van der Waals surface area (Å²) in [6.45, 7) is 4.11. The lowest BCUT2D eigenvalue weighted by atomic mass is 10.4. The number of rotatable bonds is 8. The van der Waals surface area contributed by atoms with Gasteiger partial charge in [0.1, 0.15) is 0 Å². The van der Waals surface area contributed by atoms with Gasteiger partial charge in [-0.25, -0.2) is 12.7 Å². The Morgan fingerprint density at radius 1 is 1.43 bits per heavy atom. The van der Waals surface area contributed by atoms with Crippen molar-refractivity contribution in [2.75, 3.05) is 32.9 Å². The van der Waals surface area contributed by atoms with Gasteiger partial charge in [0.05, 0.1) is 18.5 Å². The van der Waals surface area contributed by atoms with Gasteiger partial charge in [-0.15, -0.1) is 24.0 Å². The fourth-order valence-electron chi connectivity index (χ4n) is 1.99. The summed E-state index contributed by atoms with van der Waals surface area (Å²) >= 11 is 0. The van der Waals surface area contributed by atoms with E-state index in [1.807, 2.05) is 20.0 Å². The first-order valence-electron chi connectivity index (χ1n) is 7.25. The number of hydrogen-bond donors (Lipinski definition) is 2. The van der Waals surface area contributed by atoms with Gasteiger partial charge in [-0.05, 0) is 12.5 Å². The van der Waals surface area contributed by atoms with Crippen LogP contribution in [0.1, 0.15) is 19.0 Å². The topological polar surface area (TPSA) is 91.6 Å². The third-order valence-electron chi connectivity index (χ3n) is 3.28. The van der Waals surface area contributed by atoms with Crippen molar-refractivity contribution >= 4 is 40.0 Å². The molecule has 0 aliphatic heterocycles. The van der Waals surface area contributed by atoms with Gasteiger partial charge in [0, 0.05) is 39.9 Å². The van der Waals surface area contributed by atoms with Gasteiger partial charge >= 0.3 is 0 Å². The molecule has 0 aromatic carbocycles. The molecule has 1 aromatic rings. The Hall–Kier alpha value is -0.880. The Balaban J connectivity index is 0.00000484. The minimum absolute atomic E-state index is 0. The second-order valence-electron chi connectivity index (χ2n) is 4.91. The van der Waals surface area contributed by atoms with Crippen molar-refractivity contribution in [3.8, 4) is 0 Å². The zero-order valence-corrected chi connectivity index (χ0v) is 17.3. The van der Waals surface area contributed by atoms with Gasteiger partial charge in [-0.1, -0.05) is 6.92 Å². The van der Waals surface area contributed by atoms with E-state index in [1.165, 1.54) is 10.6 Å². The molecule has 1 rings (SSSR count). The Morgan fingerprint density at radius 2 is 2.13 bits per heavy atom. The SMILES string of the molecule is CCN(CCCNC(=NC)NCc1ccnn1C)S(C)(=O)=O.I. The Kier molecular flexibility index (Phi) is 10.4. The van der Waals surface area contributed by atoms with E-state index < -0.39 is 10.0 Å². The molecule has 8 nitrogen and oxygen atoms in total. The molecule has 0 atom stereocenters. The van der Waals surface area contributed by atoms with E-state index in [0.717, 1.165) is 5.69 Å². The molecule has 0 radical (unpaired) electrons. The van der Waals surface area contributed by atoms with Crippen LogP contribution in [0.15, 0.2) is 17.3 Å². The third kappa shape index (κ3) is 7.97. The predicted octanol–water partition coefficient (Wildman–Crippen LogP) is 0.375. The maximum absolute atomic E-state index is 11.5. The average Bonchev–Trinajstić information content (AvgIpc) is 2.86. The smallest absolute Gasteiger partial charge is 0.211 e. The monoisotopic (exact) mass is 458 g/mol. The van der Waals surface area contributed by atoms with Crippen LogP contribution in [0.2, 0.25) is 0 Å². The minimum atomic E-state index is -3.12. The molecule has 0 bridgehead atoms. The first-order chi connectivity index (χ1) is 10.4. The van der Waals surface area contributed by atoms with Crippen LogP contribution in [0.25, 0.3) is 0 Å². The molecule has 0 aliphatic rings. The number of sulfonamides is 1. The summed E-state index contributed by atoms with van der Waals surface area (Å²) in [5.41, 5.74) is 1.05. The molecular formula is C13H27IN6O2S. The molecule has 2 N–H and O–H groups in total. The Bertz CT molecular complexity index is 587. The first-order valence-corrected chi connectivity index (χ1v) is 9.09. The van der Waals surface area contributed by atoms with Crippen molar-refractivity contribution in [1.29, 1.82) is 0 Å². The summed E-state index contributed by atoms with van der Waals surface area (Å²) < 4.78 is 26.2. The van der Waals surface area contributed by atoms with Gasteiger partial charge in [0.2, 0.25) is 10.0 Å². The summed E-state index contributed by atoms with van der Waals surface area (Å²) in [5, 5.41) is 10.5. The van der Waals surface area contributed by atoms with E-state index in [9.17, 15) is 8.42 Å². The summed E-state index contributed by atoms with van der Waals surface area (Å²) in [6, 6.07) is 1.94. The van der Waals surface area contributed by atoms with Gasteiger partial charge in [-0.3, -0.25) is 9.67 Å². The molecule has 0 saturated heterocycles. The van der Waals surface area contributed by atoms with Gasteiger partial charge in [0.15, 0.2) is 5.96 Å². The molecule has 0 saturated carbocycles. The Labute approximate surface area is 155 Å². The molecule has 0 amide bonds. The summed E-state index contributed by atoms with van der Waals surface area (Å²) in [4.78, 5) is 4.14. The number of nitrogens with zero attached hydrogens (tertiary/aromatic N) is 4. The van der Waals surface area contributed by atoms with Crippen molar-refractivity contribution in [3.05, 3.63) is 18.0 Å². The lowest BCUT2D eigenvalue weighted by Crippen LogP contribution is -2.39. The van der Waals surface area contributed by atoms with Crippen LogP contribution in [0.5, 0.6) is 0 Å². The van der Waals surface area contributed by atoms with Crippen LogP contribution in [0.3, 0.4) is 0 Å². The van der Waals surface area contributed by atoms with Crippen molar-refractivity contribution in [2.24, 2.45) is 12.0 Å². The van der Waals surface area contributed by atoms with Crippen molar-refractivity contribution < 1.29 is 8.42 Å². The van der Waals surface area contributed by atoms with Crippen molar-refractivity contribution in [1.82, 2.24) is 24.7 Å². The van der Waals surface area contributed by atoms with Gasteiger partial charge in [-0.2, -0.15) is 5.10 Å². The van der Waals surface area contributed by atoms with Crippen LogP contribution >= 0.6 is 24.0 Å². The molecule has 0 fully saturated rings. The first kappa shape index (κ1) is 22.1. The number of halogens is 1. The largest absolute Gasteiger partial charge is 0.356 e. The van der Waals surface area contributed by atoms with Crippen LogP contribution in [0.4, 0.5) is 0 Å². The summed E-state index contributed by atoms with van der Waals surface area (Å²) in [7, 11) is 0.473. The lowest BCUT2D eigenvalue weighted by Gasteiger charge is -2.18. The average molecular weight is 458 g/mol. The number of aromatic nitrogens is 2. The molecular weight excluding hydrogens is 431 g/mol. The Morgan fingerprint density at radius 3 is 2.61 bits per heavy atom. The zero-order chi connectivity index (χ0) is 16.6. The standard InChI is InChI=1S/C13H26N6O2S.HI/c1-5-19(22(4,20)21)10-6-8-15-13(14-2)16-11-12-7-9-17-18(12)3;/h7,9H,5-6,8,10-11H2,1-4H3,(H2,14,15,16);1H. The fourth-order valence-corrected chi connectivity index (χ4v) is 2.92. The molecule has 134 valence electrons. The van der Waals surface area contributed by atoms with Crippen LogP contribution in [0, 0.1) is 0 Å². The van der Waals surface area contributed by atoms with Gasteiger partial charge in [0.25, 0.3) is 0 Å². The van der Waals surface area contributed by atoms with E-state index in [2.05, 4.69) is 20.7 Å². The van der Waals surface area contributed by atoms with Crippen LogP contribution in [-0.2, 0) is 23.6 Å². The highest BCUT2D eigenvalue weighted by atomic mass is 127. The molecule has 0 spiro atoms. The van der Waals surface area contributed by atoms with Gasteiger partial charge < -0.3 is 10.6 Å². The third-order valence-corrected chi connectivity index (χ3v) is 4.66. The van der Waals surface area contributed by atoms with Crippen molar-refractivity contribution in [2.45, 2.75) is 19.9 Å². The zero-order valence-electron chi connectivity index (χ0n) is 14.1. The highest BCUT2D eigenvalue weighted by Crippen LogP contribution is 1.98. The van der Waals surface area contributed by atoms with Crippen molar-refractivity contribution in [3.63, 3.8) is 0 Å². The second-order valence-corrected chi connectivity index (χ2v) is 6.89. The molecule has 10 heteroatoms.